The number of carbonyl (C=O) groups excluding carboxylic acids is 1. The third-order valence-electron chi connectivity index (χ3n) is 5.87. The maximum atomic E-state index is 13.9. The zero-order valence-corrected chi connectivity index (χ0v) is 17.2. The van der Waals surface area contributed by atoms with E-state index in [0.29, 0.717) is 17.4 Å². The van der Waals surface area contributed by atoms with E-state index in [4.69, 9.17) is 11.6 Å². The van der Waals surface area contributed by atoms with Gasteiger partial charge in [0.25, 0.3) is 5.91 Å². The number of hydrogen-bond acceptors (Lipinski definition) is 3. The molecular weight excluding hydrogens is 405 g/mol. The van der Waals surface area contributed by atoms with Gasteiger partial charge in [-0.1, -0.05) is 49.1 Å². The molecule has 2 aromatic carbocycles. The van der Waals surface area contributed by atoms with Crippen molar-refractivity contribution in [1.82, 2.24) is 15.5 Å². The smallest absolute Gasteiger partial charge is 0.276 e. The minimum atomic E-state index is -0.577. The molecule has 1 aromatic heterocycles. The number of hydrogen-bond donors (Lipinski definition) is 2. The quantitative estimate of drug-likeness (QED) is 0.623. The van der Waals surface area contributed by atoms with Crippen molar-refractivity contribution in [3.63, 3.8) is 0 Å². The highest BCUT2D eigenvalue weighted by Gasteiger charge is 2.27. The first kappa shape index (κ1) is 20.5. The number of amides is 1. The fourth-order valence-corrected chi connectivity index (χ4v) is 4.38. The first-order valence-electron chi connectivity index (χ1n) is 10.2. The Labute approximate surface area is 178 Å². The molecule has 0 aliphatic heterocycles. The standard InChI is InChI=1S/C23H23ClFN3O2/c24-16-11-9-14(10-12-16)13-19(15-5-2-1-3-6-15)26-23(30)21-22(29)17-7-4-8-18(25)20(17)27-28-21/h4,7-12,15,19H,1-3,5-6,13H2,(H,26,30)(H,27,29). The van der Waals surface area contributed by atoms with Crippen LogP contribution in [-0.2, 0) is 6.42 Å². The predicted molar refractivity (Wildman–Crippen MR) is 115 cm³/mol. The molecule has 1 aliphatic rings. The lowest BCUT2D eigenvalue weighted by molar-refractivity contribution is 0.0905. The summed E-state index contributed by atoms with van der Waals surface area (Å²) < 4.78 is 13.9. The Hall–Kier alpha value is -2.73. The number of rotatable bonds is 5. The summed E-state index contributed by atoms with van der Waals surface area (Å²) in [5.74, 6) is -0.783. The molecule has 1 fully saturated rings. The molecule has 1 unspecified atom stereocenters. The number of aromatic amines is 1. The summed E-state index contributed by atoms with van der Waals surface area (Å²) in [7, 11) is 0. The van der Waals surface area contributed by atoms with E-state index in [1.807, 2.05) is 24.3 Å². The SMILES string of the molecule is O=C(NC(Cc1ccc(Cl)cc1)C1CCCCC1)c1n[nH]c2c(F)cccc2c1=O. The number of H-pyrrole nitrogens is 1. The Kier molecular flexibility index (Phi) is 6.13. The van der Waals surface area contributed by atoms with Crippen molar-refractivity contribution in [2.75, 3.05) is 0 Å². The Morgan fingerprint density at radius 3 is 2.63 bits per heavy atom. The van der Waals surface area contributed by atoms with E-state index in [1.54, 1.807) is 0 Å². The number of aromatic nitrogens is 2. The Morgan fingerprint density at radius 2 is 1.90 bits per heavy atom. The summed E-state index contributed by atoms with van der Waals surface area (Å²) in [5, 5.41) is 10.2. The molecular formula is C23H23ClFN3O2. The van der Waals surface area contributed by atoms with E-state index in [0.717, 1.165) is 31.2 Å². The average molecular weight is 428 g/mol. The first-order chi connectivity index (χ1) is 14.5. The largest absolute Gasteiger partial charge is 0.347 e. The molecule has 30 heavy (non-hydrogen) atoms. The highest BCUT2D eigenvalue weighted by molar-refractivity contribution is 6.30. The second kappa shape index (κ2) is 8.96. The van der Waals surface area contributed by atoms with Gasteiger partial charge in [-0.3, -0.25) is 14.7 Å². The fourth-order valence-electron chi connectivity index (χ4n) is 4.25. The summed E-state index contributed by atoms with van der Waals surface area (Å²) in [6, 6.07) is 11.6. The molecule has 1 amide bonds. The second-order valence-corrected chi connectivity index (χ2v) is 8.31. The van der Waals surface area contributed by atoms with Crippen LogP contribution in [0.15, 0.2) is 47.3 Å². The number of carbonyl (C=O) groups is 1. The van der Waals surface area contributed by atoms with E-state index in [9.17, 15) is 14.0 Å². The normalized spacial score (nSPS) is 15.8. The number of fused-ring (bicyclic) bond motifs is 1. The van der Waals surface area contributed by atoms with Gasteiger partial charge in [-0.25, -0.2) is 4.39 Å². The molecule has 156 valence electrons. The van der Waals surface area contributed by atoms with E-state index >= 15 is 0 Å². The molecule has 0 spiro atoms. The monoisotopic (exact) mass is 427 g/mol. The van der Waals surface area contributed by atoms with Crippen LogP contribution in [0.25, 0.3) is 10.9 Å². The van der Waals surface area contributed by atoms with Crippen LogP contribution in [-0.4, -0.2) is 22.1 Å². The average Bonchev–Trinajstić information content (AvgIpc) is 2.76. The van der Waals surface area contributed by atoms with E-state index in [2.05, 4.69) is 15.5 Å². The van der Waals surface area contributed by atoms with Crippen LogP contribution in [0.5, 0.6) is 0 Å². The van der Waals surface area contributed by atoms with E-state index in [1.165, 1.54) is 24.6 Å². The molecule has 0 bridgehead atoms. The third-order valence-corrected chi connectivity index (χ3v) is 6.12. The van der Waals surface area contributed by atoms with Crippen LogP contribution >= 0.6 is 11.6 Å². The number of benzene rings is 2. The highest BCUT2D eigenvalue weighted by Crippen LogP contribution is 2.28. The van der Waals surface area contributed by atoms with Gasteiger partial charge in [0, 0.05) is 11.1 Å². The molecule has 1 atom stereocenters. The minimum absolute atomic E-state index is 0.00375. The molecule has 2 N–H and O–H groups in total. The maximum absolute atomic E-state index is 13.9. The molecule has 5 nitrogen and oxygen atoms in total. The van der Waals surface area contributed by atoms with Crippen molar-refractivity contribution >= 4 is 28.4 Å². The summed E-state index contributed by atoms with van der Waals surface area (Å²) in [6.07, 6.45) is 6.18. The summed E-state index contributed by atoms with van der Waals surface area (Å²) in [6.45, 7) is 0. The second-order valence-electron chi connectivity index (χ2n) is 7.87. The summed E-state index contributed by atoms with van der Waals surface area (Å²) in [4.78, 5) is 25.7. The maximum Gasteiger partial charge on any atom is 0.276 e. The van der Waals surface area contributed by atoms with Crippen LogP contribution in [0.1, 0.15) is 48.2 Å². The van der Waals surface area contributed by atoms with Gasteiger partial charge in [-0.05, 0) is 55.0 Å². The van der Waals surface area contributed by atoms with Crippen molar-refractivity contribution in [2.24, 2.45) is 5.92 Å². The van der Waals surface area contributed by atoms with Crippen LogP contribution in [0.3, 0.4) is 0 Å². The van der Waals surface area contributed by atoms with Crippen molar-refractivity contribution in [1.29, 1.82) is 0 Å². The van der Waals surface area contributed by atoms with Crippen molar-refractivity contribution in [2.45, 2.75) is 44.6 Å². The number of para-hydroxylation sites is 1. The highest BCUT2D eigenvalue weighted by atomic mass is 35.5. The minimum Gasteiger partial charge on any atom is -0.347 e. The van der Waals surface area contributed by atoms with Crippen LogP contribution in [0.2, 0.25) is 5.02 Å². The number of halogens is 2. The molecule has 7 heteroatoms. The van der Waals surface area contributed by atoms with Crippen molar-refractivity contribution in [3.05, 3.63) is 74.8 Å². The summed E-state index contributed by atoms with van der Waals surface area (Å²) in [5.41, 5.74) is 0.251. The van der Waals surface area contributed by atoms with Crippen molar-refractivity contribution < 1.29 is 9.18 Å². The molecule has 1 saturated carbocycles. The molecule has 1 heterocycles. The zero-order valence-electron chi connectivity index (χ0n) is 16.5. The Bertz CT molecular complexity index is 1110. The van der Waals surface area contributed by atoms with E-state index < -0.39 is 17.2 Å². The molecule has 3 aromatic rings. The molecule has 0 radical (unpaired) electrons. The number of nitrogens with one attached hydrogen (secondary N) is 2. The van der Waals surface area contributed by atoms with Gasteiger partial charge >= 0.3 is 0 Å². The molecule has 1 aliphatic carbocycles. The van der Waals surface area contributed by atoms with Gasteiger partial charge in [0.05, 0.1) is 5.39 Å². The molecule has 4 rings (SSSR count). The van der Waals surface area contributed by atoms with Gasteiger partial charge in [0.15, 0.2) is 5.69 Å². The lowest BCUT2D eigenvalue weighted by atomic mass is 9.81. The lowest BCUT2D eigenvalue weighted by Crippen LogP contribution is -2.44. The van der Waals surface area contributed by atoms with Crippen LogP contribution < -0.4 is 10.7 Å². The van der Waals surface area contributed by atoms with Gasteiger partial charge in [0.2, 0.25) is 5.43 Å². The third kappa shape index (κ3) is 4.38. The van der Waals surface area contributed by atoms with Gasteiger partial charge in [-0.2, -0.15) is 5.10 Å². The van der Waals surface area contributed by atoms with Crippen LogP contribution in [0.4, 0.5) is 4.39 Å². The molecule has 0 saturated heterocycles. The van der Waals surface area contributed by atoms with Gasteiger partial charge in [-0.15, -0.1) is 0 Å². The predicted octanol–water partition coefficient (Wildman–Crippen LogP) is 4.64. The van der Waals surface area contributed by atoms with E-state index in [-0.39, 0.29) is 22.6 Å². The van der Waals surface area contributed by atoms with Gasteiger partial charge in [0.1, 0.15) is 11.3 Å². The fraction of sp³-hybridized carbons (Fsp3) is 0.348. The topological polar surface area (TPSA) is 74.8 Å². The number of nitrogens with zero attached hydrogens (tertiary/aromatic N) is 1. The zero-order chi connectivity index (χ0) is 21.1. The van der Waals surface area contributed by atoms with Crippen LogP contribution in [0, 0.1) is 11.7 Å². The van der Waals surface area contributed by atoms with Gasteiger partial charge < -0.3 is 5.32 Å². The Morgan fingerprint density at radius 1 is 1.17 bits per heavy atom. The lowest BCUT2D eigenvalue weighted by Gasteiger charge is -2.31. The summed E-state index contributed by atoms with van der Waals surface area (Å²) >= 11 is 5.99. The first-order valence-corrected chi connectivity index (χ1v) is 10.6. The Balaban J connectivity index is 1.61. The van der Waals surface area contributed by atoms with Crippen molar-refractivity contribution in [3.8, 4) is 0 Å².